The van der Waals surface area contributed by atoms with Gasteiger partial charge in [0.1, 0.15) is 4.88 Å². The van der Waals surface area contributed by atoms with Gasteiger partial charge in [0.15, 0.2) is 5.13 Å². The molecule has 0 fully saturated rings. The molecule has 0 aliphatic rings. The monoisotopic (exact) mass is 252 g/mol. The highest BCUT2D eigenvalue weighted by Gasteiger charge is 2.16. The molecule has 2 rings (SSSR count). The molecule has 0 atom stereocenters. The summed E-state index contributed by atoms with van der Waals surface area (Å²) in [7, 11) is 1.87. The molecule has 0 unspecified atom stereocenters. The third kappa shape index (κ3) is 2.44. The standard InChI is InChI=1S/C10H12N4O2S/c1-6-8(9(15)16)17-10(13-6)14(2)5-7-3-11-12-4-7/h3-4H,5H2,1-2H3,(H,11,12)(H,15,16). The van der Waals surface area contributed by atoms with Gasteiger partial charge in [-0.2, -0.15) is 5.10 Å². The molecule has 0 amide bonds. The van der Waals surface area contributed by atoms with Crippen molar-refractivity contribution in [3.05, 3.63) is 28.5 Å². The molecule has 2 aromatic rings. The highest BCUT2D eigenvalue weighted by Crippen LogP contribution is 2.26. The van der Waals surface area contributed by atoms with Gasteiger partial charge in [-0.15, -0.1) is 0 Å². The SMILES string of the molecule is Cc1nc(N(C)Cc2cn[nH]c2)sc1C(=O)O. The van der Waals surface area contributed by atoms with Crippen molar-refractivity contribution in [3.8, 4) is 0 Å². The molecule has 2 heterocycles. The Balaban J connectivity index is 2.17. The Hall–Kier alpha value is -1.89. The highest BCUT2D eigenvalue weighted by atomic mass is 32.1. The third-order valence-electron chi connectivity index (χ3n) is 2.28. The normalized spacial score (nSPS) is 10.5. The van der Waals surface area contributed by atoms with Crippen molar-refractivity contribution in [2.75, 3.05) is 11.9 Å². The fourth-order valence-electron chi connectivity index (χ4n) is 1.45. The first-order valence-corrected chi connectivity index (χ1v) is 5.79. The number of aryl methyl sites for hydroxylation is 1. The van der Waals surface area contributed by atoms with Crippen molar-refractivity contribution in [2.45, 2.75) is 13.5 Å². The van der Waals surface area contributed by atoms with Crippen molar-refractivity contribution in [3.63, 3.8) is 0 Å². The van der Waals surface area contributed by atoms with E-state index in [9.17, 15) is 4.79 Å². The van der Waals surface area contributed by atoms with Crippen LogP contribution in [-0.2, 0) is 6.54 Å². The first-order valence-electron chi connectivity index (χ1n) is 4.97. The fourth-order valence-corrected chi connectivity index (χ4v) is 2.32. The van der Waals surface area contributed by atoms with Gasteiger partial charge in [0.2, 0.25) is 0 Å². The summed E-state index contributed by atoms with van der Waals surface area (Å²) in [6.45, 7) is 2.34. The molecule has 0 bridgehead atoms. The number of anilines is 1. The number of nitrogens with one attached hydrogen (secondary N) is 1. The van der Waals surface area contributed by atoms with Crippen LogP contribution in [0.25, 0.3) is 0 Å². The van der Waals surface area contributed by atoms with E-state index in [2.05, 4.69) is 15.2 Å². The summed E-state index contributed by atoms with van der Waals surface area (Å²) >= 11 is 1.18. The van der Waals surface area contributed by atoms with E-state index in [1.54, 1.807) is 19.3 Å². The van der Waals surface area contributed by atoms with Crippen LogP contribution in [-0.4, -0.2) is 33.3 Å². The second-order valence-corrected chi connectivity index (χ2v) is 4.66. The van der Waals surface area contributed by atoms with Gasteiger partial charge in [-0.05, 0) is 6.92 Å². The van der Waals surface area contributed by atoms with Crippen molar-refractivity contribution in [2.24, 2.45) is 0 Å². The lowest BCUT2D eigenvalue weighted by molar-refractivity contribution is 0.0701. The van der Waals surface area contributed by atoms with E-state index < -0.39 is 5.97 Å². The van der Waals surface area contributed by atoms with Crippen molar-refractivity contribution >= 4 is 22.4 Å². The number of thiazole rings is 1. The number of hydrogen-bond donors (Lipinski definition) is 2. The number of aromatic carboxylic acids is 1. The lowest BCUT2D eigenvalue weighted by Gasteiger charge is -2.13. The van der Waals surface area contributed by atoms with Crippen LogP contribution in [0, 0.1) is 6.92 Å². The van der Waals surface area contributed by atoms with Crippen LogP contribution in [0.4, 0.5) is 5.13 Å². The maximum Gasteiger partial charge on any atom is 0.347 e. The zero-order chi connectivity index (χ0) is 12.4. The first kappa shape index (κ1) is 11.6. The van der Waals surface area contributed by atoms with E-state index in [0.717, 1.165) is 5.56 Å². The van der Waals surface area contributed by atoms with Gasteiger partial charge in [-0.3, -0.25) is 5.10 Å². The third-order valence-corrected chi connectivity index (χ3v) is 3.54. The maximum atomic E-state index is 10.9. The largest absolute Gasteiger partial charge is 0.477 e. The zero-order valence-electron chi connectivity index (χ0n) is 9.47. The summed E-state index contributed by atoms with van der Waals surface area (Å²) in [6, 6.07) is 0. The molecule has 0 radical (unpaired) electrons. The first-order chi connectivity index (χ1) is 8.08. The van der Waals surface area contributed by atoms with E-state index in [-0.39, 0.29) is 0 Å². The average molecular weight is 252 g/mol. The summed E-state index contributed by atoms with van der Waals surface area (Å²) in [4.78, 5) is 17.3. The van der Waals surface area contributed by atoms with Crippen molar-refractivity contribution < 1.29 is 9.90 Å². The van der Waals surface area contributed by atoms with E-state index in [1.807, 2.05) is 11.9 Å². The zero-order valence-corrected chi connectivity index (χ0v) is 10.3. The molecular weight excluding hydrogens is 240 g/mol. The number of aromatic nitrogens is 3. The van der Waals surface area contributed by atoms with Crippen molar-refractivity contribution in [1.29, 1.82) is 0 Å². The molecule has 0 saturated carbocycles. The number of carbonyl (C=O) groups is 1. The quantitative estimate of drug-likeness (QED) is 0.861. The molecule has 0 aliphatic carbocycles. The molecule has 0 spiro atoms. The minimum atomic E-state index is -0.928. The summed E-state index contributed by atoms with van der Waals surface area (Å²) in [5.74, 6) is -0.928. The van der Waals surface area contributed by atoms with Crippen LogP contribution in [0.5, 0.6) is 0 Å². The molecule has 6 nitrogen and oxygen atoms in total. The number of carboxylic acids is 1. The lowest BCUT2D eigenvalue weighted by Crippen LogP contribution is -2.15. The summed E-state index contributed by atoms with van der Waals surface area (Å²) in [6.07, 6.45) is 3.53. The van der Waals surface area contributed by atoms with E-state index in [4.69, 9.17) is 5.11 Å². The Morgan fingerprint density at radius 3 is 2.94 bits per heavy atom. The molecule has 90 valence electrons. The van der Waals surface area contributed by atoms with Crippen LogP contribution in [0.1, 0.15) is 20.9 Å². The minimum absolute atomic E-state index is 0.291. The summed E-state index contributed by atoms with van der Waals surface area (Å²) in [5.41, 5.74) is 1.58. The fraction of sp³-hybridized carbons (Fsp3) is 0.300. The number of H-pyrrole nitrogens is 1. The molecule has 2 N–H and O–H groups in total. The smallest absolute Gasteiger partial charge is 0.347 e. The van der Waals surface area contributed by atoms with Gasteiger partial charge in [-0.1, -0.05) is 11.3 Å². The summed E-state index contributed by atoms with van der Waals surface area (Å²) < 4.78 is 0. The molecule has 0 aromatic carbocycles. The molecular formula is C10H12N4O2S. The number of rotatable bonds is 4. The number of carboxylic acid groups (broad SMARTS) is 1. The van der Waals surface area contributed by atoms with Gasteiger partial charge in [0.05, 0.1) is 11.9 Å². The average Bonchev–Trinajstić information content (AvgIpc) is 2.86. The molecule has 0 saturated heterocycles. The second-order valence-electron chi connectivity index (χ2n) is 3.68. The molecule has 0 aliphatic heterocycles. The van der Waals surface area contributed by atoms with Crippen LogP contribution in [0.3, 0.4) is 0 Å². The Labute approximate surface area is 102 Å². The minimum Gasteiger partial charge on any atom is -0.477 e. The highest BCUT2D eigenvalue weighted by molar-refractivity contribution is 7.17. The number of nitrogens with zero attached hydrogens (tertiary/aromatic N) is 3. The second kappa shape index (κ2) is 4.54. The van der Waals surface area contributed by atoms with Gasteiger partial charge >= 0.3 is 5.97 Å². The van der Waals surface area contributed by atoms with Gasteiger partial charge in [0.25, 0.3) is 0 Å². The molecule has 17 heavy (non-hydrogen) atoms. The lowest BCUT2D eigenvalue weighted by atomic mass is 10.3. The van der Waals surface area contributed by atoms with Crippen LogP contribution in [0.2, 0.25) is 0 Å². The van der Waals surface area contributed by atoms with Crippen LogP contribution >= 0.6 is 11.3 Å². The van der Waals surface area contributed by atoms with E-state index in [1.165, 1.54) is 11.3 Å². The Bertz CT molecular complexity index is 520. The molecule has 7 heteroatoms. The Morgan fingerprint density at radius 1 is 1.65 bits per heavy atom. The van der Waals surface area contributed by atoms with Crippen LogP contribution in [0.15, 0.2) is 12.4 Å². The predicted molar refractivity (Wildman–Crippen MR) is 64.5 cm³/mol. The summed E-state index contributed by atoms with van der Waals surface area (Å²) in [5, 5.41) is 16.2. The molecule has 2 aromatic heterocycles. The van der Waals surface area contributed by atoms with Crippen molar-refractivity contribution in [1.82, 2.24) is 15.2 Å². The Kier molecular flexibility index (Phi) is 3.10. The van der Waals surface area contributed by atoms with E-state index in [0.29, 0.717) is 22.2 Å². The van der Waals surface area contributed by atoms with Gasteiger partial charge in [-0.25, -0.2) is 9.78 Å². The topological polar surface area (TPSA) is 82.1 Å². The van der Waals surface area contributed by atoms with E-state index >= 15 is 0 Å². The van der Waals surface area contributed by atoms with Gasteiger partial charge in [0, 0.05) is 25.4 Å². The Morgan fingerprint density at radius 2 is 2.41 bits per heavy atom. The maximum absolute atomic E-state index is 10.9. The predicted octanol–water partition coefficient (Wildman–Crippen LogP) is 1.51. The number of hydrogen-bond acceptors (Lipinski definition) is 5. The number of aromatic amines is 1. The van der Waals surface area contributed by atoms with Gasteiger partial charge < -0.3 is 10.0 Å². The van der Waals surface area contributed by atoms with Crippen LogP contribution < -0.4 is 4.90 Å².